The van der Waals surface area contributed by atoms with Crippen molar-refractivity contribution in [2.24, 2.45) is 5.92 Å². The molecular weight excluding hydrogens is 404 g/mol. The van der Waals surface area contributed by atoms with E-state index in [0.717, 1.165) is 64.6 Å². The lowest BCUT2D eigenvalue weighted by Crippen LogP contribution is -2.38. The number of rotatable bonds is 19. The van der Waals surface area contributed by atoms with E-state index in [2.05, 4.69) is 18.7 Å². The summed E-state index contributed by atoms with van der Waals surface area (Å²) >= 11 is 0. The van der Waals surface area contributed by atoms with Gasteiger partial charge in [-0.05, 0) is 64.1 Å². The highest BCUT2D eigenvalue weighted by Gasteiger charge is 2.22. The molecule has 6 nitrogen and oxygen atoms in total. The van der Waals surface area contributed by atoms with Gasteiger partial charge in [-0.15, -0.1) is 0 Å². The van der Waals surface area contributed by atoms with Crippen LogP contribution in [-0.2, 0) is 9.53 Å². The lowest BCUT2D eigenvalue weighted by atomic mass is 9.93. The monoisotopic (exact) mass is 454 g/mol. The zero-order valence-electron chi connectivity index (χ0n) is 21.0. The molecule has 1 fully saturated rings. The minimum Gasteiger partial charge on any atom is -0.466 e. The number of nitrogens with zero attached hydrogens (tertiary/aromatic N) is 2. The molecule has 0 bridgehead atoms. The maximum atomic E-state index is 12.0. The van der Waals surface area contributed by atoms with Gasteiger partial charge in [-0.25, -0.2) is 4.79 Å². The molecule has 0 aromatic carbocycles. The Morgan fingerprint density at radius 3 is 2.09 bits per heavy atom. The first-order chi connectivity index (χ1) is 15.6. The van der Waals surface area contributed by atoms with Gasteiger partial charge in [0.25, 0.3) is 0 Å². The molecule has 32 heavy (non-hydrogen) atoms. The number of hydrogen-bond acceptors (Lipinski definition) is 4. The number of amides is 1. The summed E-state index contributed by atoms with van der Waals surface area (Å²) in [5, 5.41) is 9.13. The summed E-state index contributed by atoms with van der Waals surface area (Å²) in [4.78, 5) is 27.1. The fourth-order valence-corrected chi connectivity index (χ4v) is 4.46. The molecule has 0 saturated carbocycles. The summed E-state index contributed by atoms with van der Waals surface area (Å²) in [5.41, 5.74) is 0. The van der Waals surface area contributed by atoms with Crippen molar-refractivity contribution >= 4 is 12.1 Å². The zero-order chi connectivity index (χ0) is 23.4. The standard InChI is InChI=1S/C26H50N2O4/c1-3-5-7-8-9-10-11-18-27(19-13-14-25(29)32-23-12-6-4-2)20-15-24-16-21-28(22-17-24)26(30)31/h24H,3-23H2,1-2H3,(H,30,31). The topological polar surface area (TPSA) is 70.1 Å². The van der Waals surface area contributed by atoms with Gasteiger partial charge in [0.2, 0.25) is 0 Å². The fraction of sp³-hybridized carbons (Fsp3) is 0.923. The first-order valence-electron chi connectivity index (χ1n) is 13.4. The third-order valence-corrected chi connectivity index (χ3v) is 6.68. The zero-order valence-corrected chi connectivity index (χ0v) is 21.0. The van der Waals surface area contributed by atoms with Gasteiger partial charge in [0.15, 0.2) is 0 Å². The number of ether oxygens (including phenoxy) is 1. The molecule has 0 aliphatic carbocycles. The quantitative estimate of drug-likeness (QED) is 0.182. The van der Waals surface area contributed by atoms with E-state index in [-0.39, 0.29) is 5.97 Å². The van der Waals surface area contributed by atoms with Crippen LogP contribution in [0.15, 0.2) is 0 Å². The molecule has 0 unspecified atom stereocenters. The van der Waals surface area contributed by atoms with Crippen molar-refractivity contribution in [2.45, 2.75) is 110 Å². The van der Waals surface area contributed by atoms with Crippen LogP contribution in [0, 0.1) is 5.92 Å². The average Bonchev–Trinajstić information content (AvgIpc) is 2.79. The second kappa shape index (κ2) is 19.2. The molecule has 1 amide bonds. The van der Waals surface area contributed by atoms with Gasteiger partial charge >= 0.3 is 12.1 Å². The van der Waals surface area contributed by atoms with Crippen LogP contribution in [0.4, 0.5) is 4.79 Å². The summed E-state index contributed by atoms with van der Waals surface area (Å²) in [6.45, 7) is 9.41. The lowest BCUT2D eigenvalue weighted by Gasteiger charge is -2.31. The second-order valence-electron chi connectivity index (χ2n) is 9.50. The molecule has 1 N–H and O–H groups in total. The molecule has 1 saturated heterocycles. The molecular formula is C26H50N2O4. The molecule has 1 heterocycles. The van der Waals surface area contributed by atoms with Crippen molar-refractivity contribution < 1.29 is 19.4 Å². The fourth-order valence-electron chi connectivity index (χ4n) is 4.46. The summed E-state index contributed by atoms with van der Waals surface area (Å²) in [7, 11) is 0. The number of likely N-dealkylation sites (tertiary alicyclic amines) is 1. The third-order valence-electron chi connectivity index (χ3n) is 6.68. The largest absolute Gasteiger partial charge is 0.466 e. The maximum absolute atomic E-state index is 12.0. The van der Waals surface area contributed by atoms with Crippen molar-refractivity contribution in [3.8, 4) is 0 Å². The molecule has 0 aromatic heterocycles. The van der Waals surface area contributed by atoms with Gasteiger partial charge < -0.3 is 19.6 Å². The van der Waals surface area contributed by atoms with Crippen molar-refractivity contribution in [1.82, 2.24) is 9.80 Å². The van der Waals surface area contributed by atoms with Crippen LogP contribution in [0.1, 0.15) is 110 Å². The molecule has 6 heteroatoms. The number of unbranched alkanes of at least 4 members (excludes halogenated alkanes) is 8. The van der Waals surface area contributed by atoms with E-state index in [1.54, 1.807) is 4.90 Å². The van der Waals surface area contributed by atoms with E-state index < -0.39 is 6.09 Å². The Balaban J connectivity index is 2.29. The van der Waals surface area contributed by atoms with Crippen molar-refractivity contribution in [1.29, 1.82) is 0 Å². The van der Waals surface area contributed by atoms with Crippen LogP contribution in [0.3, 0.4) is 0 Å². The Labute approximate surface area is 197 Å². The smallest absolute Gasteiger partial charge is 0.407 e. The molecule has 0 radical (unpaired) electrons. The van der Waals surface area contributed by atoms with E-state index in [4.69, 9.17) is 9.84 Å². The SMILES string of the molecule is CCCCCCCCCN(CCCC(=O)OCCCCC)CCC1CCN(C(=O)O)CC1. The molecule has 1 rings (SSSR count). The molecule has 0 spiro atoms. The molecule has 1 aliphatic heterocycles. The Hall–Kier alpha value is -1.30. The third kappa shape index (κ3) is 14.7. The van der Waals surface area contributed by atoms with Crippen LogP contribution >= 0.6 is 0 Å². The Bertz CT molecular complexity index is 478. The predicted molar refractivity (Wildman–Crippen MR) is 131 cm³/mol. The number of carbonyl (C=O) groups is 2. The van der Waals surface area contributed by atoms with E-state index in [0.29, 0.717) is 32.0 Å². The van der Waals surface area contributed by atoms with E-state index >= 15 is 0 Å². The number of carboxylic acid groups (broad SMARTS) is 1. The summed E-state index contributed by atoms with van der Waals surface area (Å²) in [6.07, 6.45) is 16.1. The minimum absolute atomic E-state index is 0.0574. The van der Waals surface area contributed by atoms with Crippen molar-refractivity contribution in [3.05, 3.63) is 0 Å². The normalized spacial score (nSPS) is 14.8. The van der Waals surface area contributed by atoms with Gasteiger partial charge in [-0.3, -0.25) is 4.79 Å². The van der Waals surface area contributed by atoms with Crippen LogP contribution < -0.4 is 0 Å². The molecule has 0 atom stereocenters. The number of esters is 1. The van der Waals surface area contributed by atoms with Crippen LogP contribution in [-0.4, -0.2) is 66.3 Å². The summed E-state index contributed by atoms with van der Waals surface area (Å²) in [6, 6.07) is 0. The number of carbonyl (C=O) groups excluding carboxylic acids is 1. The van der Waals surface area contributed by atoms with Crippen molar-refractivity contribution in [3.63, 3.8) is 0 Å². The van der Waals surface area contributed by atoms with E-state index in [1.165, 1.54) is 44.9 Å². The predicted octanol–water partition coefficient (Wildman–Crippen LogP) is 6.33. The molecule has 0 aromatic rings. The molecule has 188 valence electrons. The Morgan fingerprint density at radius 1 is 0.844 bits per heavy atom. The summed E-state index contributed by atoms with van der Waals surface area (Å²) in [5.74, 6) is 0.559. The van der Waals surface area contributed by atoms with E-state index in [1.807, 2.05) is 0 Å². The van der Waals surface area contributed by atoms with Gasteiger partial charge in [-0.1, -0.05) is 65.2 Å². The lowest BCUT2D eigenvalue weighted by molar-refractivity contribution is -0.143. The Morgan fingerprint density at radius 2 is 1.44 bits per heavy atom. The van der Waals surface area contributed by atoms with Gasteiger partial charge in [0.05, 0.1) is 6.61 Å². The summed E-state index contributed by atoms with van der Waals surface area (Å²) < 4.78 is 5.35. The van der Waals surface area contributed by atoms with Crippen LogP contribution in [0.25, 0.3) is 0 Å². The molecule has 1 aliphatic rings. The van der Waals surface area contributed by atoms with Crippen LogP contribution in [0.5, 0.6) is 0 Å². The maximum Gasteiger partial charge on any atom is 0.407 e. The van der Waals surface area contributed by atoms with Crippen molar-refractivity contribution in [2.75, 3.05) is 39.3 Å². The van der Waals surface area contributed by atoms with Crippen LogP contribution in [0.2, 0.25) is 0 Å². The average molecular weight is 455 g/mol. The second-order valence-corrected chi connectivity index (χ2v) is 9.50. The van der Waals surface area contributed by atoms with Gasteiger partial charge in [0, 0.05) is 19.5 Å². The van der Waals surface area contributed by atoms with E-state index in [9.17, 15) is 9.59 Å². The van der Waals surface area contributed by atoms with Gasteiger partial charge in [0.1, 0.15) is 0 Å². The first-order valence-corrected chi connectivity index (χ1v) is 13.4. The highest BCUT2D eigenvalue weighted by atomic mass is 16.5. The highest BCUT2D eigenvalue weighted by Crippen LogP contribution is 2.21. The Kier molecular flexibility index (Phi) is 17.2. The highest BCUT2D eigenvalue weighted by molar-refractivity contribution is 5.69. The first kappa shape index (κ1) is 28.7. The number of piperidine rings is 1. The number of hydrogen-bond donors (Lipinski definition) is 1. The van der Waals surface area contributed by atoms with Gasteiger partial charge in [-0.2, -0.15) is 0 Å². The minimum atomic E-state index is -0.786.